The van der Waals surface area contributed by atoms with Crippen LogP contribution < -0.4 is 4.90 Å². The highest BCUT2D eigenvalue weighted by Crippen LogP contribution is 2.32. The van der Waals surface area contributed by atoms with E-state index in [1.165, 1.54) is 22.6 Å². The molecule has 2 heterocycles. The van der Waals surface area contributed by atoms with E-state index in [4.69, 9.17) is 9.97 Å². The van der Waals surface area contributed by atoms with Gasteiger partial charge in [0.1, 0.15) is 0 Å². The molecule has 7 heteroatoms. The number of unbranched alkanes of at least 4 members (excludes halogenated alkanes) is 1. The van der Waals surface area contributed by atoms with Crippen LogP contribution in [0, 0.1) is 13.8 Å². The average molecular weight is 443 g/mol. The normalized spacial score (nSPS) is 11.1. The maximum absolute atomic E-state index is 12.3. The highest BCUT2D eigenvalue weighted by molar-refractivity contribution is 7.98. The lowest BCUT2D eigenvalue weighted by molar-refractivity contribution is -0.115. The first-order chi connectivity index (χ1) is 14.4. The van der Waals surface area contributed by atoms with Gasteiger partial charge < -0.3 is 4.57 Å². The predicted molar refractivity (Wildman–Crippen MR) is 127 cm³/mol. The lowest BCUT2D eigenvalue weighted by atomic mass is 10.1. The molecule has 0 spiro atoms. The monoisotopic (exact) mass is 442 g/mol. The van der Waals surface area contributed by atoms with Crippen molar-refractivity contribution in [2.24, 2.45) is 0 Å². The molecule has 2 aromatic heterocycles. The van der Waals surface area contributed by atoms with Crippen molar-refractivity contribution < 1.29 is 4.79 Å². The maximum Gasteiger partial charge on any atom is 0.230 e. The van der Waals surface area contributed by atoms with E-state index in [-0.39, 0.29) is 5.91 Å². The van der Waals surface area contributed by atoms with Gasteiger partial charge in [-0.05, 0) is 44.4 Å². The van der Waals surface area contributed by atoms with Gasteiger partial charge in [-0.3, -0.25) is 9.69 Å². The van der Waals surface area contributed by atoms with Gasteiger partial charge >= 0.3 is 0 Å². The highest BCUT2D eigenvalue weighted by atomic mass is 32.2. The summed E-state index contributed by atoms with van der Waals surface area (Å²) in [5.41, 5.74) is 5.41. The second-order valence-electron chi connectivity index (χ2n) is 7.35. The maximum atomic E-state index is 12.3. The molecular formula is C23H30N4OS2. The Morgan fingerprint density at radius 3 is 2.53 bits per heavy atom. The Labute approximate surface area is 187 Å². The number of aryl methyl sites for hydroxylation is 2. The van der Waals surface area contributed by atoms with Crippen LogP contribution in [0.1, 0.15) is 56.3 Å². The van der Waals surface area contributed by atoms with Crippen molar-refractivity contribution in [1.29, 1.82) is 0 Å². The van der Waals surface area contributed by atoms with Gasteiger partial charge in [0.25, 0.3) is 0 Å². The standard InChI is InChI=1S/C23H30N4OS2/c1-6-8-13-26-17(4)16(3)24-22(26)29-14-20-15-30-23(25-20)27(18(5)28)21-11-9-19(7-2)10-12-21/h9-12,15H,6-8,13-14H2,1-5H3. The van der Waals surface area contributed by atoms with E-state index in [2.05, 4.69) is 44.4 Å². The molecule has 0 saturated heterocycles. The molecule has 0 aliphatic carbocycles. The number of thioether (sulfide) groups is 1. The number of hydrogen-bond donors (Lipinski definition) is 0. The van der Waals surface area contributed by atoms with E-state index >= 15 is 0 Å². The summed E-state index contributed by atoms with van der Waals surface area (Å²) in [7, 11) is 0. The first-order valence-electron chi connectivity index (χ1n) is 10.4. The van der Waals surface area contributed by atoms with Gasteiger partial charge in [0.15, 0.2) is 10.3 Å². The Morgan fingerprint density at radius 1 is 1.17 bits per heavy atom. The molecule has 3 rings (SSSR count). The lowest BCUT2D eigenvalue weighted by Gasteiger charge is -2.18. The van der Waals surface area contributed by atoms with E-state index in [0.717, 1.165) is 53.8 Å². The molecule has 0 aliphatic heterocycles. The summed E-state index contributed by atoms with van der Waals surface area (Å²) in [5, 5.41) is 3.80. The number of carbonyl (C=O) groups excluding carboxylic acids is 1. The number of imidazole rings is 1. The fourth-order valence-electron chi connectivity index (χ4n) is 3.22. The number of thiazole rings is 1. The molecule has 1 amide bonds. The largest absolute Gasteiger partial charge is 0.323 e. The van der Waals surface area contributed by atoms with Crippen LogP contribution in [-0.2, 0) is 23.5 Å². The summed E-state index contributed by atoms with van der Waals surface area (Å²) in [6.07, 6.45) is 3.29. The Bertz CT molecular complexity index is 991. The number of nitrogens with zero attached hydrogens (tertiary/aromatic N) is 4. The third-order valence-corrected chi connectivity index (χ3v) is 7.04. The van der Waals surface area contributed by atoms with Crippen LogP contribution >= 0.6 is 23.1 Å². The number of hydrogen-bond acceptors (Lipinski definition) is 5. The number of rotatable bonds is 9. The quantitative estimate of drug-likeness (QED) is 0.365. The van der Waals surface area contributed by atoms with E-state index in [0.29, 0.717) is 5.13 Å². The molecule has 3 aromatic rings. The van der Waals surface area contributed by atoms with Crippen LogP contribution in [0.2, 0.25) is 0 Å². The lowest BCUT2D eigenvalue weighted by Crippen LogP contribution is -2.22. The summed E-state index contributed by atoms with van der Waals surface area (Å²) in [6, 6.07) is 8.12. The van der Waals surface area contributed by atoms with Crippen molar-refractivity contribution in [1.82, 2.24) is 14.5 Å². The minimum absolute atomic E-state index is 0.0332. The third kappa shape index (κ3) is 5.13. The molecule has 0 atom stereocenters. The van der Waals surface area contributed by atoms with Gasteiger partial charge in [-0.1, -0.05) is 44.2 Å². The molecule has 0 N–H and O–H groups in total. The second-order valence-corrected chi connectivity index (χ2v) is 9.13. The van der Waals surface area contributed by atoms with Gasteiger partial charge in [0.05, 0.1) is 17.1 Å². The first kappa shape index (κ1) is 22.6. The molecule has 0 bridgehead atoms. The van der Waals surface area contributed by atoms with Gasteiger partial charge in [0.2, 0.25) is 5.91 Å². The molecular weight excluding hydrogens is 412 g/mol. The molecule has 1 aromatic carbocycles. The topological polar surface area (TPSA) is 51.0 Å². The Balaban J connectivity index is 1.75. The van der Waals surface area contributed by atoms with E-state index in [1.54, 1.807) is 23.6 Å². The zero-order valence-corrected chi connectivity index (χ0v) is 20.1. The number of aromatic nitrogens is 3. The molecule has 160 valence electrons. The number of anilines is 2. The molecule has 0 unspecified atom stereocenters. The van der Waals surface area contributed by atoms with E-state index in [1.807, 2.05) is 17.5 Å². The molecule has 0 aliphatic rings. The van der Waals surface area contributed by atoms with Crippen LogP contribution in [0.4, 0.5) is 10.8 Å². The minimum atomic E-state index is -0.0332. The molecule has 5 nitrogen and oxygen atoms in total. The van der Waals surface area contributed by atoms with Gasteiger partial charge in [0, 0.05) is 30.3 Å². The van der Waals surface area contributed by atoms with E-state index in [9.17, 15) is 4.79 Å². The fraction of sp³-hybridized carbons (Fsp3) is 0.435. The van der Waals surface area contributed by atoms with Crippen molar-refractivity contribution in [3.8, 4) is 0 Å². The first-order valence-corrected chi connectivity index (χ1v) is 12.3. The van der Waals surface area contributed by atoms with Crippen LogP contribution in [0.5, 0.6) is 0 Å². The van der Waals surface area contributed by atoms with Crippen LogP contribution in [0.15, 0.2) is 34.8 Å². The van der Waals surface area contributed by atoms with Crippen molar-refractivity contribution >= 4 is 39.8 Å². The Hall–Kier alpha value is -2.12. The van der Waals surface area contributed by atoms with Crippen LogP contribution in [0.3, 0.4) is 0 Å². The van der Waals surface area contributed by atoms with Gasteiger partial charge in [-0.15, -0.1) is 11.3 Å². The molecule has 0 radical (unpaired) electrons. The number of amides is 1. The van der Waals surface area contributed by atoms with Crippen molar-refractivity contribution in [2.45, 2.75) is 71.3 Å². The zero-order chi connectivity index (χ0) is 21.7. The minimum Gasteiger partial charge on any atom is -0.323 e. The van der Waals surface area contributed by atoms with Crippen LogP contribution in [-0.4, -0.2) is 20.4 Å². The van der Waals surface area contributed by atoms with Crippen molar-refractivity contribution in [3.63, 3.8) is 0 Å². The molecule has 0 fully saturated rings. The predicted octanol–water partition coefficient (Wildman–Crippen LogP) is 6.30. The Kier molecular flexibility index (Phi) is 7.72. The zero-order valence-electron chi connectivity index (χ0n) is 18.4. The van der Waals surface area contributed by atoms with Crippen molar-refractivity contribution in [3.05, 3.63) is 52.3 Å². The highest BCUT2D eigenvalue weighted by Gasteiger charge is 2.19. The third-order valence-electron chi connectivity index (χ3n) is 5.16. The summed E-state index contributed by atoms with van der Waals surface area (Å²) >= 11 is 3.22. The van der Waals surface area contributed by atoms with Gasteiger partial charge in [-0.25, -0.2) is 9.97 Å². The van der Waals surface area contributed by atoms with E-state index < -0.39 is 0 Å². The molecule has 30 heavy (non-hydrogen) atoms. The number of benzene rings is 1. The smallest absolute Gasteiger partial charge is 0.230 e. The SMILES string of the molecule is CCCCn1c(SCc2csc(N(C(C)=O)c3ccc(CC)cc3)n2)nc(C)c1C. The average Bonchev–Trinajstić information content (AvgIpc) is 3.30. The number of carbonyl (C=O) groups is 1. The summed E-state index contributed by atoms with van der Waals surface area (Å²) in [4.78, 5) is 23.5. The summed E-state index contributed by atoms with van der Waals surface area (Å²) in [5.74, 6) is 0.702. The fourth-order valence-corrected chi connectivity index (χ4v) is 5.23. The van der Waals surface area contributed by atoms with Crippen molar-refractivity contribution in [2.75, 3.05) is 4.90 Å². The van der Waals surface area contributed by atoms with Gasteiger partial charge in [-0.2, -0.15) is 0 Å². The summed E-state index contributed by atoms with van der Waals surface area (Å²) < 4.78 is 2.31. The summed E-state index contributed by atoms with van der Waals surface area (Å²) in [6.45, 7) is 11.1. The van der Waals surface area contributed by atoms with Crippen LogP contribution in [0.25, 0.3) is 0 Å². The molecule has 0 saturated carbocycles. The second kappa shape index (κ2) is 10.3. The Morgan fingerprint density at radius 2 is 1.90 bits per heavy atom.